The molecule has 1 aliphatic carbocycles. The molecule has 1 saturated carbocycles. The highest BCUT2D eigenvalue weighted by molar-refractivity contribution is 9.10. The second-order valence-electron chi connectivity index (χ2n) is 5.64. The first-order valence-electron chi connectivity index (χ1n) is 7.75. The first-order valence-corrected chi connectivity index (χ1v) is 8.54. The Kier molecular flexibility index (Phi) is 5.64. The number of nitrogens with two attached hydrogens (primary N) is 1. The van der Waals surface area contributed by atoms with Gasteiger partial charge in [-0.05, 0) is 42.1 Å². The fourth-order valence-electron chi connectivity index (χ4n) is 3.30. The van der Waals surface area contributed by atoms with Gasteiger partial charge in [-0.25, -0.2) is 0 Å². The highest BCUT2D eigenvalue weighted by Crippen LogP contribution is 2.42. The third-order valence-corrected chi connectivity index (χ3v) is 4.87. The number of aryl methyl sites for hydroxylation is 1. The molecule has 2 rings (SSSR count). The Morgan fingerprint density at radius 1 is 1.40 bits per heavy atom. The van der Waals surface area contributed by atoms with Gasteiger partial charge >= 0.3 is 0 Å². The SMILES string of the molecule is CCCn1ncc(Br)c1C(N)C1(OCC)CCCCC1. The predicted molar refractivity (Wildman–Crippen MR) is 84.6 cm³/mol. The highest BCUT2D eigenvalue weighted by Gasteiger charge is 2.41. The van der Waals surface area contributed by atoms with E-state index >= 15 is 0 Å². The molecule has 114 valence electrons. The van der Waals surface area contributed by atoms with Crippen molar-refractivity contribution in [3.63, 3.8) is 0 Å². The Morgan fingerprint density at radius 3 is 2.70 bits per heavy atom. The summed E-state index contributed by atoms with van der Waals surface area (Å²) < 4.78 is 9.19. The average Bonchev–Trinajstić information content (AvgIpc) is 2.81. The van der Waals surface area contributed by atoms with E-state index in [0.29, 0.717) is 6.61 Å². The zero-order chi connectivity index (χ0) is 14.6. The van der Waals surface area contributed by atoms with Gasteiger partial charge in [0.1, 0.15) is 0 Å². The summed E-state index contributed by atoms with van der Waals surface area (Å²) in [6.45, 7) is 5.83. The molecule has 0 spiro atoms. The molecule has 0 aliphatic heterocycles. The van der Waals surface area contributed by atoms with Crippen molar-refractivity contribution in [1.82, 2.24) is 9.78 Å². The van der Waals surface area contributed by atoms with Gasteiger partial charge in [-0.15, -0.1) is 0 Å². The van der Waals surface area contributed by atoms with E-state index in [2.05, 4.69) is 34.9 Å². The Bertz CT molecular complexity index is 421. The molecular formula is C15H26BrN3O. The summed E-state index contributed by atoms with van der Waals surface area (Å²) in [6, 6.07) is -0.119. The van der Waals surface area contributed by atoms with Crippen molar-refractivity contribution < 1.29 is 4.74 Å². The van der Waals surface area contributed by atoms with Gasteiger partial charge in [-0.1, -0.05) is 26.2 Å². The van der Waals surface area contributed by atoms with Crippen LogP contribution in [0, 0.1) is 0 Å². The Balaban J connectivity index is 2.31. The van der Waals surface area contributed by atoms with Gasteiger partial charge in [0, 0.05) is 13.2 Å². The molecule has 0 saturated heterocycles. The Hall–Kier alpha value is -0.390. The Labute approximate surface area is 130 Å². The molecule has 2 N–H and O–H groups in total. The molecule has 1 aromatic rings. The molecule has 1 atom stereocenters. The summed E-state index contributed by atoms with van der Waals surface area (Å²) >= 11 is 3.61. The average molecular weight is 344 g/mol. The van der Waals surface area contributed by atoms with Crippen LogP contribution in [0.4, 0.5) is 0 Å². The van der Waals surface area contributed by atoms with E-state index in [1.807, 2.05) is 10.9 Å². The third-order valence-electron chi connectivity index (χ3n) is 4.26. The molecule has 5 heteroatoms. The Morgan fingerprint density at radius 2 is 2.10 bits per heavy atom. The molecule has 1 aromatic heterocycles. The van der Waals surface area contributed by atoms with Crippen LogP contribution >= 0.6 is 15.9 Å². The first kappa shape index (κ1) is 16.0. The second-order valence-corrected chi connectivity index (χ2v) is 6.49. The molecular weight excluding hydrogens is 318 g/mol. The van der Waals surface area contributed by atoms with Crippen LogP contribution in [0.5, 0.6) is 0 Å². The van der Waals surface area contributed by atoms with Gasteiger partial charge in [-0.2, -0.15) is 5.10 Å². The van der Waals surface area contributed by atoms with Crippen LogP contribution in [0.3, 0.4) is 0 Å². The van der Waals surface area contributed by atoms with E-state index < -0.39 is 0 Å². The molecule has 4 nitrogen and oxygen atoms in total. The van der Waals surface area contributed by atoms with Crippen LogP contribution in [0.25, 0.3) is 0 Å². The van der Waals surface area contributed by atoms with Crippen molar-refractivity contribution in [2.45, 2.75) is 70.6 Å². The quantitative estimate of drug-likeness (QED) is 0.854. The minimum Gasteiger partial charge on any atom is -0.373 e. The lowest BCUT2D eigenvalue weighted by atomic mass is 9.78. The molecule has 20 heavy (non-hydrogen) atoms. The molecule has 1 aliphatic rings. The lowest BCUT2D eigenvalue weighted by Crippen LogP contribution is -2.46. The van der Waals surface area contributed by atoms with E-state index in [9.17, 15) is 0 Å². The van der Waals surface area contributed by atoms with E-state index in [-0.39, 0.29) is 11.6 Å². The number of ether oxygens (including phenoxy) is 1. The van der Waals surface area contributed by atoms with Crippen molar-refractivity contribution in [3.05, 3.63) is 16.4 Å². The van der Waals surface area contributed by atoms with Crippen LogP contribution in [0.1, 0.15) is 64.1 Å². The molecule has 0 bridgehead atoms. The molecule has 1 heterocycles. The molecule has 0 amide bonds. The van der Waals surface area contributed by atoms with E-state index in [4.69, 9.17) is 10.5 Å². The zero-order valence-electron chi connectivity index (χ0n) is 12.6. The van der Waals surface area contributed by atoms with E-state index in [1.165, 1.54) is 19.3 Å². The fourth-order valence-corrected chi connectivity index (χ4v) is 3.85. The summed E-state index contributed by atoms with van der Waals surface area (Å²) in [4.78, 5) is 0. The van der Waals surface area contributed by atoms with Gasteiger partial charge in [0.2, 0.25) is 0 Å². The summed E-state index contributed by atoms with van der Waals surface area (Å²) in [6.07, 6.45) is 8.69. The number of hydrogen-bond acceptors (Lipinski definition) is 3. The first-order chi connectivity index (χ1) is 9.64. The normalized spacial score (nSPS) is 20.0. The van der Waals surface area contributed by atoms with Gasteiger partial charge < -0.3 is 10.5 Å². The zero-order valence-corrected chi connectivity index (χ0v) is 14.2. The largest absolute Gasteiger partial charge is 0.373 e. The van der Waals surface area contributed by atoms with Gasteiger partial charge in [0.25, 0.3) is 0 Å². The number of aromatic nitrogens is 2. The topological polar surface area (TPSA) is 53.1 Å². The minimum atomic E-state index is -0.221. The van der Waals surface area contributed by atoms with Crippen molar-refractivity contribution in [2.24, 2.45) is 5.73 Å². The maximum atomic E-state index is 6.65. The molecule has 0 aromatic carbocycles. The van der Waals surface area contributed by atoms with Crippen molar-refractivity contribution in [3.8, 4) is 0 Å². The minimum absolute atomic E-state index is 0.119. The van der Waals surface area contributed by atoms with Gasteiger partial charge in [-0.3, -0.25) is 4.68 Å². The lowest BCUT2D eigenvalue weighted by molar-refractivity contribution is -0.0847. The highest BCUT2D eigenvalue weighted by atomic mass is 79.9. The van der Waals surface area contributed by atoms with Gasteiger partial charge in [0.05, 0.1) is 28.0 Å². The fraction of sp³-hybridized carbons (Fsp3) is 0.800. The van der Waals surface area contributed by atoms with Crippen LogP contribution in [0.2, 0.25) is 0 Å². The monoisotopic (exact) mass is 343 g/mol. The number of halogens is 1. The van der Waals surface area contributed by atoms with E-state index in [1.54, 1.807) is 0 Å². The summed E-state index contributed by atoms with van der Waals surface area (Å²) in [5.74, 6) is 0. The summed E-state index contributed by atoms with van der Waals surface area (Å²) in [5.41, 5.74) is 7.52. The predicted octanol–water partition coefficient (Wildman–Crippen LogP) is 3.79. The maximum Gasteiger partial charge on any atom is 0.0889 e. The smallest absolute Gasteiger partial charge is 0.0889 e. The van der Waals surface area contributed by atoms with Gasteiger partial charge in [0.15, 0.2) is 0 Å². The third kappa shape index (κ3) is 3.10. The molecule has 0 radical (unpaired) electrons. The van der Waals surface area contributed by atoms with Crippen molar-refractivity contribution >= 4 is 15.9 Å². The molecule has 1 fully saturated rings. The van der Waals surface area contributed by atoms with Crippen LogP contribution in [-0.2, 0) is 11.3 Å². The second kappa shape index (κ2) is 7.05. The number of rotatable bonds is 6. The van der Waals surface area contributed by atoms with Crippen molar-refractivity contribution in [2.75, 3.05) is 6.61 Å². The molecule has 1 unspecified atom stereocenters. The maximum absolute atomic E-state index is 6.65. The summed E-state index contributed by atoms with van der Waals surface area (Å²) in [7, 11) is 0. The van der Waals surface area contributed by atoms with Crippen LogP contribution in [-0.4, -0.2) is 22.0 Å². The van der Waals surface area contributed by atoms with Crippen molar-refractivity contribution in [1.29, 1.82) is 0 Å². The summed E-state index contributed by atoms with van der Waals surface area (Å²) in [5, 5.41) is 4.45. The van der Waals surface area contributed by atoms with Crippen LogP contribution in [0.15, 0.2) is 10.7 Å². The number of hydrogen-bond donors (Lipinski definition) is 1. The lowest BCUT2D eigenvalue weighted by Gasteiger charge is -2.41. The van der Waals surface area contributed by atoms with Crippen LogP contribution < -0.4 is 5.73 Å². The van der Waals surface area contributed by atoms with E-state index in [0.717, 1.165) is 36.0 Å². The standard InChI is InChI=1S/C15H26BrN3O/c1-3-10-19-13(12(16)11-18-19)14(17)15(20-4-2)8-6-5-7-9-15/h11,14H,3-10,17H2,1-2H3. The number of nitrogens with zero attached hydrogens (tertiary/aromatic N) is 2.